The molecular formula is C16H21NO2. The molecule has 102 valence electrons. The molecule has 1 N–H and O–H groups in total. The molecule has 0 spiro atoms. The Bertz CT molecular complexity index is 474. The third kappa shape index (κ3) is 3.85. The van der Waals surface area contributed by atoms with E-state index in [1.54, 1.807) is 6.08 Å². The van der Waals surface area contributed by atoms with Gasteiger partial charge in [-0.1, -0.05) is 26.0 Å². The van der Waals surface area contributed by atoms with Gasteiger partial charge in [0.25, 0.3) is 0 Å². The van der Waals surface area contributed by atoms with E-state index in [1.807, 2.05) is 12.1 Å². The molecule has 0 aliphatic carbocycles. The molecular weight excluding hydrogens is 238 g/mol. The first-order valence-electron chi connectivity index (χ1n) is 6.72. The fraction of sp³-hybridized carbons (Fsp3) is 0.438. The van der Waals surface area contributed by atoms with E-state index >= 15 is 0 Å². The zero-order valence-electron chi connectivity index (χ0n) is 11.6. The van der Waals surface area contributed by atoms with E-state index < -0.39 is 5.97 Å². The maximum atomic E-state index is 10.5. The molecule has 0 saturated carbocycles. The van der Waals surface area contributed by atoms with E-state index in [9.17, 15) is 4.79 Å². The van der Waals surface area contributed by atoms with E-state index in [4.69, 9.17) is 5.11 Å². The molecule has 3 nitrogen and oxygen atoms in total. The number of carboxylic acid groups (broad SMARTS) is 1. The fourth-order valence-electron chi connectivity index (χ4n) is 2.61. The fourth-order valence-corrected chi connectivity index (χ4v) is 2.61. The lowest BCUT2D eigenvalue weighted by Crippen LogP contribution is -2.40. The first kappa shape index (κ1) is 13.7. The van der Waals surface area contributed by atoms with Crippen LogP contribution in [0.25, 0.3) is 6.08 Å². The van der Waals surface area contributed by atoms with Crippen molar-refractivity contribution in [2.45, 2.75) is 26.7 Å². The summed E-state index contributed by atoms with van der Waals surface area (Å²) in [5, 5.41) is 8.60. The average Bonchev–Trinajstić information content (AvgIpc) is 2.36. The molecule has 1 fully saturated rings. The van der Waals surface area contributed by atoms with Crippen LogP contribution < -0.4 is 4.90 Å². The maximum absolute atomic E-state index is 10.5. The Kier molecular flexibility index (Phi) is 3.93. The van der Waals surface area contributed by atoms with Crippen LogP contribution in [0.2, 0.25) is 0 Å². The predicted molar refractivity (Wildman–Crippen MR) is 78.3 cm³/mol. The number of anilines is 1. The van der Waals surface area contributed by atoms with Crippen molar-refractivity contribution >= 4 is 17.7 Å². The molecule has 0 bridgehead atoms. The second-order valence-corrected chi connectivity index (χ2v) is 5.95. The summed E-state index contributed by atoms with van der Waals surface area (Å²) in [6.45, 7) is 6.80. The molecule has 0 radical (unpaired) electrons. The van der Waals surface area contributed by atoms with Crippen LogP contribution in [-0.4, -0.2) is 24.2 Å². The van der Waals surface area contributed by atoms with E-state index in [-0.39, 0.29) is 0 Å². The molecule has 0 amide bonds. The molecule has 1 aromatic rings. The van der Waals surface area contributed by atoms with Crippen LogP contribution in [0.5, 0.6) is 0 Å². The maximum Gasteiger partial charge on any atom is 0.328 e. The number of carboxylic acids is 1. The smallest absolute Gasteiger partial charge is 0.328 e. The van der Waals surface area contributed by atoms with Crippen LogP contribution in [0, 0.1) is 5.41 Å². The predicted octanol–water partition coefficient (Wildman–Crippen LogP) is 3.41. The van der Waals surface area contributed by atoms with Crippen molar-refractivity contribution in [2.24, 2.45) is 5.41 Å². The van der Waals surface area contributed by atoms with Gasteiger partial charge in [-0.25, -0.2) is 4.79 Å². The van der Waals surface area contributed by atoms with Crippen molar-refractivity contribution in [3.8, 4) is 0 Å². The van der Waals surface area contributed by atoms with Crippen LogP contribution in [0.15, 0.2) is 30.3 Å². The Morgan fingerprint density at radius 3 is 2.58 bits per heavy atom. The van der Waals surface area contributed by atoms with Gasteiger partial charge in [-0.3, -0.25) is 0 Å². The zero-order chi connectivity index (χ0) is 13.9. The van der Waals surface area contributed by atoms with Gasteiger partial charge in [0.05, 0.1) is 0 Å². The minimum atomic E-state index is -0.915. The lowest BCUT2D eigenvalue weighted by atomic mass is 9.84. The summed E-state index contributed by atoms with van der Waals surface area (Å²) in [4.78, 5) is 12.9. The number of benzene rings is 1. The monoisotopic (exact) mass is 259 g/mol. The zero-order valence-corrected chi connectivity index (χ0v) is 11.6. The summed E-state index contributed by atoms with van der Waals surface area (Å²) in [5.41, 5.74) is 2.52. The van der Waals surface area contributed by atoms with Gasteiger partial charge >= 0.3 is 5.97 Å². The number of hydrogen-bond acceptors (Lipinski definition) is 2. The Hall–Kier alpha value is -1.77. The average molecular weight is 259 g/mol. The highest BCUT2D eigenvalue weighted by Crippen LogP contribution is 2.31. The number of carbonyl (C=O) groups is 1. The van der Waals surface area contributed by atoms with Crippen molar-refractivity contribution in [1.82, 2.24) is 0 Å². The van der Waals surface area contributed by atoms with Crippen LogP contribution in [0.4, 0.5) is 5.69 Å². The molecule has 2 rings (SSSR count). The Labute approximate surface area is 114 Å². The van der Waals surface area contributed by atoms with Gasteiger partial charge in [-0.2, -0.15) is 0 Å². The van der Waals surface area contributed by atoms with Gasteiger partial charge in [0, 0.05) is 24.9 Å². The third-order valence-corrected chi connectivity index (χ3v) is 3.58. The first-order valence-corrected chi connectivity index (χ1v) is 6.72. The summed E-state index contributed by atoms with van der Waals surface area (Å²) in [5.74, 6) is -0.915. The quantitative estimate of drug-likeness (QED) is 0.846. The topological polar surface area (TPSA) is 40.5 Å². The normalized spacial score (nSPS) is 18.7. The number of piperidine rings is 1. The van der Waals surface area contributed by atoms with E-state index in [0.717, 1.165) is 18.7 Å². The van der Waals surface area contributed by atoms with Crippen molar-refractivity contribution in [2.75, 3.05) is 18.0 Å². The van der Waals surface area contributed by atoms with Crippen molar-refractivity contribution < 1.29 is 9.90 Å². The summed E-state index contributed by atoms with van der Waals surface area (Å²) in [6.07, 6.45) is 5.29. The van der Waals surface area contributed by atoms with Crippen molar-refractivity contribution in [3.05, 3.63) is 35.9 Å². The molecule has 0 aromatic heterocycles. The second-order valence-electron chi connectivity index (χ2n) is 5.95. The minimum Gasteiger partial charge on any atom is -0.478 e. The number of aliphatic carboxylic acids is 1. The largest absolute Gasteiger partial charge is 0.478 e. The molecule has 1 aromatic carbocycles. The number of nitrogens with zero attached hydrogens (tertiary/aromatic N) is 1. The summed E-state index contributed by atoms with van der Waals surface area (Å²) < 4.78 is 0. The van der Waals surface area contributed by atoms with E-state index in [2.05, 4.69) is 30.9 Å². The summed E-state index contributed by atoms with van der Waals surface area (Å²) in [6, 6.07) is 8.08. The molecule has 0 unspecified atom stereocenters. The minimum absolute atomic E-state index is 0.375. The number of hydrogen-bond donors (Lipinski definition) is 1. The van der Waals surface area contributed by atoms with Gasteiger partial charge in [0.2, 0.25) is 0 Å². The Morgan fingerprint density at radius 1 is 1.32 bits per heavy atom. The van der Waals surface area contributed by atoms with Crippen LogP contribution in [0.1, 0.15) is 32.3 Å². The van der Waals surface area contributed by atoms with Gasteiger partial charge in [0.1, 0.15) is 0 Å². The SMILES string of the molecule is CC1(C)CCCN(c2ccc(C=CC(=O)O)cc2)C1. The Balaban J connectivity index is 2.08. The van der Waals surface area contributed by atoms with Gasteiger partial charge in [-0.05, 0) is 42.0 Å². The van der Waals surface area contributed by atoms with E-state index in [1.165, 1.54) is 24.6 Å². The molecule has 1 heterocycles. The van der Waals surface area contributed by atoms with Gasteiger partial charge < -0.3 is 10.0 Å². The van der Waals surface area contributed by atoms with Crippen LogP contribution in [0.3, 0.4) is 0 Å². The summed E-state index contributed by atoms with van der Waals surface area (Å²) in [7, 11) is 0. The van der Waals surface area contributed by atoms with Crippen molar-refractivity contribution in [1.29, 1.82) is 0 Å². The lowest BCUT2D eigenvalue weighted by molar-refractivity contribution is -0.131. The standard InChI is InChI=1S/C16H21NO2/c1-16(2)10-3-11-17(12-16)14-7-4-13(5-8-14)6-9-15(18)19/h4-9H,3,10-12H2,1-2H3,(H,18,19). The molecule has 3 heteroatoms. The third-order valence-electron chi connectivity index (χ3n) is 3.58. The van der Waals surface area contributed by atoms with Gasteiger partial charge in [0.15, 0.2) is 0 Å². The Morgan fingerprint density at radius 2 is 2.00 bits per heavy atom. The van der Waals surface area contributed by atoms with Gasteiger partial charge in [-0.15, -0.1) is 0 Å². The lowest BCUT2D eigenvalue weighted by Gasteiger charge is -2.39. The van der Waals surface area contributed by atoms with Crippen LogP contribution >= 0.6 is 0 Å². The second kappa shape index (κ2) is 5.47. The highest BCUT2D eigenvalue weighted by atomic mass is 16.4. The van der Waals surface area contributed by atoms with E-state index in [0.29, 0.717) is 5.41 Å². The molecule has 1 aliphatic heterocycles. The highest BCUT2D eigenvalue weighted by molar-refractivity contribution is 5.85. The van der Waals surface area contributed by atoms with Crippen molar-refractivity contribution in [3.63, 3.8) is 0 Å². The molecule has 1 aliphatic rings. The summed E-state index contributed by atoms with van der Waals surface area (Å²) >= 11 is 0. The molecule has 1 saturated heterocycles. The first-order chi connectivity index (χ1) is 8.96. The van der Waals surface area contributed by atoms with Crippen LogP contribution in [-0.2, 0) is 4.79 Å². The molecule has 0 atom stereocenters. The number of rotatable bonds is 3. The highest BCUT2D eigenvalue weighted by Gasteiger charge is 2.26. The molecule has 19 heavy (non-hydrogen) atoms.